The van der Waals surface area contributed by atoms with Gasteiger partial charge in [0.05, 0.1) is 5.56 Å². The molecule has 0 aliphatic rings. The fraction of sp³-hybridized carbons (Fsp3) is 0.133. The lowest BCUT2D eigenvalue weighted by Crippen LogP contribution is -2.14. The van der Waals surface area contributed by atoms with Crippen LogP contribution in [0, 0.1) is 10.5 Å². The van der Waals surface area contributed by atoms with Crippen molar-refractivity contribution >= 4 is 28.5 Å². The Balaban J connectivity index is 2.72. The zero-order valence-corrected chi connectivity index (χ0v) is 13.1. The summed E-state index contributed by atoms with van der Waals surface area (Å²) in [5, 5.41) is 0. The number of carbonyl (C=O) groups is 1. The zero-order chi connectivity index (χ0) is 15.8. The van der Waals surface area contributed by atoms with E-state index in [1.54, 1.807) is 12.1 Å². The van der Waals surface area contributed by atoms with Crippen LogP contribution in [0.5, 0.6) is 0 Å². The van der Waals surface area contributed by atoms with E-state index >= 15 is 0 Å². The zero-order valence-electron chi connectivity index (χ0n) is 11.0. The Labute approximate surface area is 133 Å². The first kappa shape index (κ1) is 15.8. The second kappa shape index (κ2) is 5.67. The summed E-state index contributed by atoms with van der Waals surface area (Å²) in [6.07, 6.45) is -4.43. The maximum atomic E-state index is 12.8. The molecule has 21 heavy (non-hydrogen) atoms. The fourth-order valence-corrected chi connectivity index (χ4v) is 2.80. The summed E-state index contributed by atoms with van der Waals surface area (Å²) in [5.74, 6) is -0.666. The van der Waals surface area contributed by atoms with Crippen LogP contribution in [-0.4, -0.2) is 5.91 Å². The molecule has 1 amide bonds. The van der Waals surface area contributed by atoms with Gasteiger partial charge in [0.15, 0.2) is 0 Å². The van der Waals surface area contributed by atoms with E-state index in [2.05, 4.69) is 0 Å². The van der Waals surface area contributed by atoms with Gasteiger partial charge in [-0.1, -0.05) is 18.2 Å². The van der Waals surface area contributed by atoms with Crippen LogP contribution in [0.1, 0.15) is 21.5 Å². The Morgan fingerprint density at radius 1 is 1.19 bits per heavy atom. The van der Waals surface area contributed by atoms with E-state index in [0.29, 0.717) is 14.7 Å². The number of aryl methyl sites for hydroxylation is 1. The van der Waals surface area contributed by atoms with Crippen molar-refractivity contribution < 1.29 is 18.0 Å². The number of halogens is 4. The lowest BCUT2D eigenvalue weighted by molar-refractivity contribution is -0.137. The molecule has 0 spiro atoms. The molecule has 0 saturated carbocycles. The Kier molecular flexibility index (Phi) is 4.27. The lowest BCUT2D eigenvalue weighted by Gasteiger charge is -2.14. The minimum absolute atomic E-state index is 0.212. The predicted octanol–water partition coefficient (Wildman–Crippen LogP) is 4.38. The minimum atomic E-state index is -4.43. The van der Waals surface area contributed by atoms with Gasteiger partial charge in [0.2, 0.25) is 5.91 Å². The number of hydrogen-bond donors (Lipinski definition) is 1. The van der Waals surface area contributed by atoms with Crippen LogP contribution < -0.4 is 5.73 Å². The Bertz CT molecular complexity index is 711. The average molecular weight is 405 g/mol. The monoisotopic (exact) mass is 405 g/mol. The molecule has 0 aliphatic carbocycles. The third-order valence-corrected chi connectivity index (χ3v) is 4.47. The van der Waals surface area contributed by atoms with E-state index in [0.717, 1.165) is 17.7 Å². The number of carbonyl (C=O) groups excluding carboxylic acids is 1. The second-order valence-corrected chi connectivity index (χ2v) is 5.64. The summed E-state index contributed by atoms with van der Waals surface area (Å²) in [6.45, 7) is 1.82. The molecule has 0 aliphatic heterocycles. The smallest absolute Gasteiger partial charge is 0.366 e. The normalized spacial score (nSPS) is 11.5. The van der Waals surface area contributed by atoms with Crippen LogP contribution in [-0.2, 0) is 6.18 Å². The van der Waals surface area contributed by atoms with Crippen LogP contribution in [0.3, 0.4) is 0 Å². The highest BCUT2D eigenvalue weighted by atomic mass is 127. The SMILES string of the molecule is Cc1ccc(C(N)=O)c(-c2cccc(C(F)(F)F)c2)c1I. The van der Waals surface area contributed by atoms with Gasteiger partial charge in [-0.3, -0.25) is 4.79 Å². The van der Waals surface area contributed by atoms with Crippen LogP contribution >= 0.6 is 22.6 Å². The summed E-state index contributed by atoms with van der Waals surface area (Å²) in [4.78, 5) is 11.5. The van der Waals surface area contributed by atoms with Gasteiger partial charge in [-0.2, -0.15) is 13.2 Å². The Morgan fingerprint density at radius 3 is 2.43 bits per heavy atom. The molecule has 2 aromatic rings. The van der Waals surface area contributed by atoms with Gasteiger partial charge >= 0.3 is 6.18 Å². The third kappa shape index (κ3) is 3.20. The van der Waals surface area contributed by atoms with E-state index < -0.39 is 17.6 Å². The highest BCUT2D eigenvalue weighted by Gasteiger charge is 2.31. The standard InChI is InChI=1S/C15H11F3INO/c1-8-5-6-11(14(20)21)12(13(8)19)9-3-2-4-10(7-9)15(16,17)18/h2-7H,1H3,(H2,20,21). The van der Waals surface area contributed by atoms with Crippen LogP contribution in [0.2, 0.25) is 0 Å². The summed E-state index contributed by atoms with van der Waals surface area (Å²) in [7, 11) is 0. The first-order valence-corrected chi connectivity index (χ1v) is 7.06. The predicted molar refractivity (Wildman–Crippen MR) is 82.9 cm³/mol. The van der Waals surface area contributed by atoms with Crippen LogP contribution in [0.4, 0.5) is 13.2 Å². The topological polar surface area (TPSA) is 43.1 Å². The maximum absolute atomic E-state index is 12.8. The van der Waals surface area contributed by atoms with E-state index in [1.807, 2.05) is 29.5 Å². The largest absolute Gasteiger partial charge is 0.416 e. The van der Waals surface area contributed by atoms with Gasteiger partial charge in [-0.15, -0.1) is 0 Å². The van der Waals surface area contributed by atoms with Crippen molar-refractivity contribution in [2.45, 2.75) is 13.1 Å². The summed E-state index contributed by atoms with van der Waals surface area (Å²) < 4.78 is 39.2. The summed E-state index contributed by atoms with van der Waals surface area (Å²) >= 11 is 2.01. The fourth-order valence-electron chi connectivity index (χ4n) is 2.02. The van der Waals surface area contributed by atoms with Gasteiger partial charge in [0, 0.05) is 14.7 Å². The van der Waals surface area contributed by atoms with E-state index in [-0.39, 0.29) is 5.56 Å². The summed E-state index contributed by atoms with van der Waals surface area (Å²) in [6, 6.07) is 8.15. The molecular formula is C15H11F3INO. The molecule has 0 atom stereocenters. The molecule has 0 saturated heterocycles. The summed E-state index contributed by atoms with van der Waals surface area (Å²) in [5.41, 5.74) is 6.42. The number of amides is 1. The van der Waals surface area contributed by atoms with Crippen molar-refractivity contribution in [1.82, 2.24) is 0 Å². The Hall–Kier alpha value is -1.57. The first-order chi connectivity index (χ1) is 9.71. The number of benzene rings is 2. The molecule has 6 heteroatoms. The van der Waals surface area contributed by atoms with Gasteiger partial charge in [0.25, 0.3) is 0 Å². The molecule has 2 aromatic carbocycles. The second-order valence-electron chi connectivity index (χ2n) is 4.56. The maximum Gasteiger partial charge on any atom is 0.416 e. The van der Waals surface area contributed by atoms with Crippen molar-refractivity contribution in [3.8, 4) is 11.1 Å². The van der Waals surface area contributed by atoms with Crippen LogP contribution in [0.25, 0.3) is 11.1 Å². The molecule has 0 fully saturated rings. The molecule has 0 aromatic heterocycles. The molecule has 2 nitrogen and oxygen atoms in total. The Morgan fingerprint density at radius 2 is 1.86 bits per heavy atom. The van der Waals surface area contributed by atoms with E-state index in [1.165, 1.54) is 12.1 Å². The van der Waals surface area contributed by atoms with E-state index in [9.17, 15) is 18.0 Å². The molecule has 0 bridgehead atoms. The number of primary amides is 1. The van der Waals surface area contributed by atoms with Gasteiger partial charge in [0.1, 0.15) is 0 Å². The molecule has 2 rings (SSSR count). The molecular weight excluding hydrogens is 394 g/mol. The lowest BCUT2D eigenvalue weighted by atomic mass is 9.96. The third-order valence-electron chi connectivity index (χ3n) is 3.08. The quantitative estimate of drug-likeness (QED) is 0.741. The van der Waals surface area contributed by atoms with Crippen LogP contribution in [0.15, 0.2) is 36.4 Å². The van der Waals surface area contributed by atoms with Crippen molar-refractivity contribution in [1.29, 1.82) is 0 Å². The molecule has 0 heterocycles. The first-order valence-electron chi connectivity index (χ1n) is 5.98. The number of nitrogens with two attached hydrogens (primary N) is 1. The number of rotatable bonds is 2. The number of hydrogen-bond acceptors (Lipinski definition) is 1. The molecule has 110 valence electrons. The average Bonchev–Trinajstić information content (AvgIpc) is 2.40. The minimum Gasteiger partial charge on any atom is -0.366 e. The van der Waals surface area contributed by atoms with Crippen molar-refractivity contribution in [3.63, 3.8) is 0 Å². The van der Waals surface area contributed by atoms with Crippen molar-refractivity contribution in [3.05, 3.63) is 56.7 Å². The van der Waals surface area contributed by atoms with E-state index in [4.69, 9.17) is 5.73 Å². The van der Waals surface area contributed by atoms with Gasteiger partial charge in [-0.05, 0) is 58.8 Å². The molecule has 0 radical (unpaired) electrons. The molecule has 0 unspecified atom stereocenters. The highest BCUT2D eigenvalue weighted by Crippen LogP contribution is 2.35. The highest BCUT2D eigenvalue weighted by molar-refractivity contribution is 14.1. The molecule has 2 N–H and O–H groups in total. The van der Waals surface area contributed by atoms with Gasteiger partial charge in [-0.25, -0.2) is 0 Å². The van der Waals surface area contributed by atoms with Crippen molar-refractivity contribution in [2.75, 3.05) is 0 Å². The van der Waals surface area contributed by atoms with Gasteiger partial charge < -0.3 is 5.73 Å². The van der Waals surface area contributed by atoms with Crippen molar-refractivity contribution in [2.24, 2.45) is 5.73 Å². The number of alkyl halides is 3.